The molecule has 0 spiro atoms. The molecule has 0 aliphatic rings. The molecule has 0 bridgehead atoms. The molecular formula is C15H14N2. The molecule has 0 aliphatic carbocycles. The normalized spacial score (nSPS) is 10.9. The molecule has 0 unspecified atom stereocenters. The number of hydrogen-bond acceptors (Lipinski definition) is 1. The van der Waals surface area contributed by atoms with Gasteiger partial charge in [0.25, 0.3) is 0 Å². The van der Waals surface area contributed by atoms with Crippen LogP contribution in [0.15, 0.2) is 54.9 Å². The van der Waals surface area contributed by atoms with Gasteiger partial charge in [0.15, 0.2) is 0 Å². The Kier molecular flexibility index (Phi) is 2.41. The Bertz CT molecular complexity index is 638. The highest BCUT2D eigenvalue weighted by atomic mass is 15.0. The Morgan fingerprint density at radius 2 is 1.88 bits per heavy atom. The molecule has 1 aromatic carbocycles. The van der Waals surface area contributed by atoms with Crippen LogP contribution in [0.5, 0.6) is 0 Å². The zero-order valence-corrected chi connectivity index (χ0v) is 9.80. The predicted molar refractivity (Wildman–Crippen MR) is 69.2 cm³/mol. The van der Waals surface area contributed by atoms with Crippen LogP contribution in [-0.4, -0.2) is 9.38 Å². The van der Waals surface area contributed by atoms with Crippen molar-refractivity contribution in [2.45, 2.75) is 13.3 Å². The van der Waals surface area contributed by atoms with Crippen molar-refractivity contribution in [3.05, 3.63) is 71.7 Å². The van der Waals surface area contributed by atoms with Crippen LogP contribution in [-0.2, 0) is 6.42 Å². The molecule has 2 nitrogen and oxygen atoms in total. The maximum Gasteiger partial charge on any atom is 0.139 e. The summed E-state index contributed by atoms with van der Waals surface area (Å²) in [5.74, 6) is 0. The summed E-state index contributed by atoms with van der Waals surface area (Å²) in [6.07, 6.45) is 4.97. The summed E-state index contributed by atoms with van der Waals surface area (Å²) >= 11 is 0. The lowest BCUT2D eigenvalue weighted by Crippen LogP contribution is -1.94. The molecule has 0 atom stereocenters. The number of hydrogen-bond donors (Lipinski definition) is 0. The third kappa shape index (κ3) is 1.82. The van der Waals surface area contributed by atoms with E-state index in [1.807, 2.05) is 12.3 Å². The van der Waals surface area contributed by atoms with Crippen molar-refractivity contribution in [3.8, 4) is 0 Å². The fourth-order valence-electron chi connectivity index (χ4n) is 2.14. The average molecular weight is 222 g/mol. The summed E-state index contributed by atoms with van der Waals surface area (Å²) in [5, 5.41) is 0. The second-order valence-electron chi connectivity index (χ2n) is 4.30. The van der Waals surface area contributed by atoms with Crippen molar-refractivity contribution in [2.75, 3.05) is 0 Å². The van der Waals surface area contributed by atoms with Crippen molar-refractivity contribution < 1.29 is 0 Å². The molecule has 2 heteroatoms. The first-order valence-corrected chi connectivity index (χ1v) is 5.80. The number of pyridine rings is 1. The molecule has 0 saturated heterocycles. The van der Waals surface area contributed by atoms with E-state index in [0.717, 1.165) is 12.1 Å². The van der Waals surface area contributed by atoms with Gasteiger partial charge in [-0.1, -0.05) is 36.4 Å². The van der Waals surface area contributed by atoms with Gasteiger partial charge in [0, 0.05) is 24.5 Å². The molecule has 0 saturated carbocycles. The highest BCUT2D eigenvalue weighted by molar-refractivity contribution is 5.48. The first kappa shape index (κ1) is 10.1. The van der Waals surface area contributed by atoms with E-state index in [-0.39, 0.29) is 0 Å². The number of rotatable bonds is 2. The highest BCUT2D eigenvalue weighted by Gasteiger charge is 2.05. The average Bonchev–Trinajstić information content (AvgIpc) is 2.76. The standard InChI is InChI=1S/C15H14N2/c1-12-6-5-9-17-14(11-16-15(12)17)10-13-7-3-2-4-8-13/h2-9,11H,10H2,1H3. The van der Waals surface area contributed by atoms with Gasteiger partial charge in [-0.25, -0.2) is 4.98 Å². The smallest absolute Gasteiger partial charge is 0.139 e. The largest absolute Gasteiger partial charge is 0.304 e. The lowest BCUT2D eigenvalue weighted by molar-refractivity contribution is 1.02. The summed E-state index contributed by atoms with van der Waals surface area (Å²) in [6.45, 7) is 2.09. The molecule has 84 valence electrons. The molecule has 0 amide bonds. The zero-order chi connectivity index (χ0) is 11.7. The number of benzene rings is 1. The second kappa shape index (κ2) is 4.06. The Morgan fingerprint density at radius 1 is 1.06 bits per heavy atom. The lowest BCUT2D eigenvalue weighted by atomic mass is 10.1. The number of aromatic nitrogens is 2. The maximum absolute atomic E-state index is 4.48. The van der Waals surface area contributed by atoms with Gasteiger partial charge in [-0.15, -0.1) is 0 Å². The van der Waals surface area contributed by atoms with Crippen LogP contribution in [0.1, 0.15) is 16.8 Å². The Balaban J connectivity index is 2.05. The zero-order valence-electron chi connectivity index (χ0n) is 9.80. The molecule has 0 N–H and O–H groups in total. The van der Waals surface area contributed by atoms with Crippen molar-refractivity contribution in [1.29, 1.82) is 0 Å². The molecule has 2 aromatic heterocycles. The topological polar surface area (TPSA) is 17.3 Å². The van der Waals surface area contributed by atoms with E-state index < -0.39 is 0 Å². The van der Waals surface area contributed by atoms with Gasteiger partial charge in [0.05, 0.1) is 0 Å². The maximum atomic E-state index is 4.48. The van der Waals surface area contributed by atoms with Crippen LogP contribution in [0.4, 0.5) is 0 Å². The SMILES string of the molecule is Cc1cccn2c(Cc3ccccc3)cnc12. The first-order chi connectivity index (χ1) is 8.34. The molecule has 0 aliphatic heterocycles. The molecule has 0 radical (unpaired) electrons. The van der Waals surface area contributed by atoms with Gasteiger partial charge in [-0.05, 0) is 24.1 Å². The van der Waals surface area contributed by atoms with Crippen molar-refractivity contribution >= 4 is 5.65 Å². The fourth-order valence-corrected chi connectivity index (χ4v) is 2.14. The Labute approximate surface area is 101 Å². The summed E-state index contributed by atoms with van der Waals surface area (Å²) in [4.78, 5) is 4.48. The monoisotopic (exact) mass is 222 g/mol. The minimum Gasteiger partial charge on any atom is -0.304 e. The van der Waals surface area contributed by atoms with Crippen LogP contribution in [0.3, 0.4) is 0 Å². The summed E-state index contributed by atoms with van der Waals surface area (Å²) in [7, 11) is 0. The number of fused-ring (bicyclic) bond motifs is 1. The van der Waals surface area contributed by atoms with Gasteiger partial charge in [0.1, 0.15) is 5.65 Å². The van der Waals surface area contributed by atoms with Crippen molar-refractivity contribution in [1.82, 2.24) is 9.38 Å². The van der Waals surface area contributed by atoms with Crippen LogP contribution in [0, 0.1) is 6.92 Å². The lowest BCUT2D eigenvalue weighted by Gasteiger charge is -2.03. The molecule has 3 rings (SSSR count). The van der Waals surface area contributed by atoms with Crippen molar-refractivity contribution in [3.63, 3.8) is 0 Å². The minimum absolute atomic E-state index is 0.922. The van der Waals surface area contributed by atoms with E-state index in [0.29, 0.717) is 0 Å². The van der Waals surface area contributed by atoms with Gasteiger partial charge >= 0.3 is 0 Å². The van der Waals surface area contributed by atoms with Gasteiger partial charge in [-0.3, -0.25) is 0 Å². The van der Waals surface area contributed by atoms with Crippen LogP contribution < -0.4 is 0 Å². The van der Waals surface area contributed by atoms with Crippen LogP contribution in [0.25, 0.3) is 5.65 Å². The van der Waals surface area contributed by atoms with Gasteiger partial charge in [0.2, 0.25) is 0 Å². The molecule has 17 heavy (non-hydrogen) atoms. The molecule has 3 aromatic rings. The predicted octanol–water partition coefficient (Wildman–Crippen LogP) is 3.23. The molecular weight excluding hydrogens is 208 g/mol. The van der Waals surface area contributed by atoms with E-state index >= 15 is 0 Å². The van der Waals surface area contributed by atoms with E-state index in [1.54, 1.807) is 0 Å². The Hall–Kier alpha value is -2.09. The van der Waals surface area contributed by atoms with E-state index in [9.17, 15) is 0 Å². The highest BCUT2D eigenvalue weighted by Crippen LogP contribution is 2.14. The number of nitrogens with zero attached hydrogens (tertiary/aromatic N) is 2. The molecule has 0 fully saturated rings. The Morgan fingerprint density at radius 3 is 2.71 bits per heavy atom. The number of imidazole rings is 1. The molecule has 2 heterocycles. The summed E-state index contributed by atoms with van der Waals surface area (Å²) in [5.41, 5.74) is 4.82. The summed E-state index contributed by atoms with van der Waals surface area (Å²) < 4.78 is 2.17. The van der Waals surface area contributed by atoms with E-state index in [2.05, 4.69) is 58.9 Å². The van der Waals surface area contributed by atoms with E-state index in [4.69, 9.17) is 0 Å². The van der Waals surface area contributed by atoms with Gasteiger partial charge in [-0.2, -0.15) is 0 Å². The first-order valence-electron chi connectivity index (χ1n) is 5.80. The third-order valence-corrected chi connectivity index (χ3v) is 3.04. The van der Waals surface area contributed by atoms with Crippen molar-refractivity contribution in [2.24, 2.45) is 0 Å². The summed E-state index contributed by atoms with van der Waals surface area (Å²) in [6, 6.07) is 14.6. The fraction of sp³-hybridized carbons (Fsp3) is 0.133. The minimum atomic E-state index is 0.922. The quantitative estimate of drug-likeness (QED) is 0.650. The second-order valence-corrected chi connectivity index (χ2v) is 4.30. The van der Waals surface area contributed by atoms with Crippen LogP contribution in [0.2, 0.25) is 0 Å². The van der Waals surface area contributed by atoms with Crippen LogP contribution >= 0.6 is 0 Å². The third-order valence-electron chi connectivity index (χ3n) is 3.04. The van der Waals surface area contributed by atoms with E-state index in [1.165, 1.54) is 16.8 Å². The van der Waals surface area contributed by atoms with Gasteiger partial charge < -0.3 is 4.40 Å². The number of aryl methyl sites for hydroxylation is 1.